The van der Waals surface area contributed by atoms with Gasteiger partial charge in [-0.3, -0.25) is 0 Å². The first kappa shape index (κ1) is 13.7. The van der Waals surface area contributed by atoms with Gasteiger partial charge in [0.05, 0.1) is 17.2 Å². The molecule has 0 aliphatic carbocycles. The van der Waals surface area contributed by atoms with Crippen LogP contribution in [-0.4, -0.2) is 49.1 Å². The number of anilines is 1. The van der Waals surface area contributed by atoms with Gasteiger partial charge in [0.2, 0.25) is 0 Å². The lowest BCUT2D eigenvalue weighted by Crippen LogP contribution is -2.40. The summed E-state index contributed by atoms with van der Waals surface area (Å²) in [7, 11) is -1.47. The van der Waals surface area contributed by atoms with E-state index >= 15 is 0 Å². The molecule has 0 aromatic heterocycles. The second-order valence-corrected chi connectivity index (χ2v) is 6.84. The number of rotatable bonds is 2. The summed E-state index contributed by atoms with van der Waals surface area (Å²) in [6.07, 6.45) is 0.451. The summed E-state index contributed by atoms with van der Waals surface area (Å²) in [5.74, 6) is 0.0899. The van der Waals surface area contributed by atoms with Crippen molar-refractivity contribution in [1.29, 1.82) is 0 Å². The molecule has 7 heteroatoms. The third-order valence-electron chi connectivity index (χ3n) is 3.22. The SMILES string of the molecule is CN(C(=O)Nc1ccccc1O)C1CCS(=O)(=O)C1. The van der Waals surface area contributed by atoms with Crippen molar-refractivity contribution >= 4 is 21.6 Å². The number of amides is 2. The number of nitrogens with zero attached hydrogens (tertiary/aromatic N) is 1. The van der Waals surface area contributed by atoms with Crippen molar-refractivity contribution in [2.75, 3.05) is 23.9 Å². The summed E-state index contributed by atoms with van der Waals surface area (Å²) >= 11 is 0. The third-order valence-corrected chi connectivity index (χ3v) is 4.97. The molecule has 1 aliphatic rings. The minimum absolute atomic E-state index is 0.00229. The van der Waals surface area contributed by atoms with Crippen molar-refractivity contribution in [3.05, 3.63) is 24.3 Å². The summed E-state index contributed by atoms with van der Waals surface area (Å²) in [6.45, 7) is 0. The zero-order valence-corrected chi connectivity index (χ0v) is 11.4. The number of urea groups is 1. The number of carbonyl (C=O) groups is 1. The molecule has 1 fully saturated rings. The highest BCUT2D eigenvalue weighted by atomic mass is 32.2. The topological polar surface area (TPSA) is 86.7 Å². The van der Waals surface area contributed by atoms with Gasteiger partial charge >= 0.3 is 6.03 Å². The van der Waals surface area contributed by atoms with Crippen molar-refractivity contribution in [2.24, 2.45) is 0 Å². The van der Waals surface area contributed by atoms with Crippen LogP contribution in [-0.2, 0) is 9.84 Å². The minimum atomic E-state index is -3.03. The average Bonchev–Trinajstić information content (AvgIpc) is 2.71. The molecule has 1 heterocycles. The van der Waals surface area contributed by atoms with Crippen LogP contribution in [0.25, 0.3) is 0 Å². The van der Waals surface area contributed by atoms with Crippen molar-refractivity contribution in [3.8, 4) is 5.75 Å². The van der Waals surface area contributed by atoms with Crippen LogP contribution in [0.5, 0.6) is 5.75 Å². The molecule has 1 atom stereocenters. The molecule has 104 valence electrons. The van der Waals surface area contributed by atoms with E-state index in [1.165, 1.54) is 11.0 Å². The normalized spacial score (nSPS) is 21.0. The average molecular weight is 284 g/mol. The second-order valence-electron chi connectivity index (χ2n) is 4.62. The van der Waals surface area contributed by atoms with E-state index in [4.69, 9.17) is 0 Å². The molecule has 0 spiro atoms. The van der Waals surface area contributed by atoms with Gasteiger partial charge in [-0.05, 0) is 18.6 Å². The van der Waals surface area contributed by atoms with Gasteiger partial charge in [-0.15, -0.1) is 0 Å². The van der Waals surface area contributed by atoms with Gasteiger partial charge in [-0.2, -0.15) is 0 Å². The molecule has 1 aliphatic heterocycles. The van der Waals surface area contributed by atoms with Gasteiger partial charge in [-0.1, -0.05) is 12.1 Å². The lowest BCUT2D eigenvalue weighted by Gasteiger charge is -2.23. The van der Waals surface area contributed by atoms with E-state index in [0.717, 1.165) is 0 Å². The predicted octanol–water partition coefficient (Wildman–Crippen LogP) is 1.04. The Kier molecular flexibility index (Phi) is 3.66. The maximum absolute atomic E-state index is 12.0. The summed E-state index contributed by atoms with van der Waals surface area (Å²) in [6, 6.07) is 5.65. The predicted molar refractivity (Wildman–Crippen MR) is 71.9 cm³/mol. The van der Waals surface area contributed by atoms with Crippen molar-refractivity contribution in [2.45, 2.75) is 12.5 Å². The number of carbonyl (C=O) groups excluding carboxylic acids is 1. The highest BCUT2D eigenvalue weighted by Gasteiger charge is 2.32. The Bertz CT molecular complexity index is 585. The first-order valence-electron chi connectivity index (χ1n) is 5.91. The standard InChI is InChI=1S/C12H16N2O4S/c1-14(9-6-7-19(17,18)8-9)12(16)13-10-4-2-3-5-11(10)15/h2-5,9,15H,6-8H2,1H3,(H,13,16). The number of hydrogen-bond donors (Lipinski definition) is 2. The molecule has 2 amide bonds. The van der Waals surface area contributed by atoms with Crippen LogP contribution in [0, 0.1) is 0 Å². The van der Waals surface area contributed by atoms with Crippen LogP contribution in [0.1, 0.15) is 6.42 Å². The number of sulfone groups is 1. The summed E-state index contributed by atoms with van der Waals surface area (Å²) < 4.78 is 22.8. The van der Waals surface area contributed by atoms with E-state index in [2.05, 4.69) is 5.32 Å². The number of phenolic OH excluding ortho intramolecular Hbond substituents is 1. The Labute approximate surface area is 112 Å². The minimum Gasteiger partial charge on any atom is -0.506 e. The monoisotopic (exact) mass is 284 g/mol. The highest BCUT2D eigenvalue weighted by Crippen LogP contribution is 2.23. The van der Waals surface area contributed by atoms with Crippen molar-refractivity contribution in [1.82, 2.24) is 4.90 Å². The Morgan fingerprint density at radius 1 is 1.42 bits per heavy atom. The number of aromatic hydroxyl groups is 1. The molecule has 0 bridgehead atoms. The summed E-state index contributed by atoms with van der Waals surface area (Å²) in [4.78, 5) is 13.3. The van der Waals surface area contributed by atoms with Gasteiger partial charge in [0.15, 0.2) is 9.84 Å². The van der Waals surface area contributed by atoms with E-state index < -0.39 is 15.9 Å². The van der Waals surface area contributed by atoms with Crippen LogP contribution in [0.2, 0.25) is 0 Å². The lowest BCUT2D eigenvalue weighted by atomic mass is 10.2. The van der Waals surface area contributed by atoms with E-state index in [0.29, 0.717) is 12.1 Å². The number of phenols is 1. The van der Waals surface area contributed by atoms with Crippen LogP contribution >= 0.6 is 0 Å². The molecule has 1 saturated heterocycles. The van der Waals surface area contributed by atoms with E-state index in [1.807, 2.05) is 0 Å². The fourth-order valence-electron chi connectivity index (χ4n) is 2.03. The van der Waals surface area contributed by atoms with Crippen molar-refractivity contribution < 1.29 is 18.3 Å². The maximum atomic E-state index is 12.0. The van der Waals surface area contributed by atoms with Gasteiger partial charge < -0.3 is 15.3 Å². The van der Waals surface area contributed by atoms with E-state index in [-0.39, 0.29) is 23.3 Å². The molecule has 1 aromatic rings. The second kappa shape index (κ2) is 5.08. The quantitative estimate of drug-likeness (QED) is 0.795. The molecule has 1 unspecified atom stereocenters. The van der Waals surface area contributed by atoms with Gasteiger partial charge in [0.1, 0.15) is 5.75 Å². The van der Waals surface area contributed by atoms with Gasteiger partial charge in [0, 0.05) is 13.1 Å². The third kappa shape index (κ3) is 3.17. The van der Waals surface area contributed by atoms with Crippen LogP contribution in [0.3, 0.4) is 0 Å². The molecule has 1 aromatic carbocycles. The summed E-state index contributed by atoms with van der Waals surface area (Å²) in [5, 5.41) is 12.1. The Balaban J connectivity index is 2.03. The number of nitrogens with one attached hydrogen (secondary N) is 1. The molecule has 19 heavy (non-hydrogen) atoms. The Morgan fingerprint density at radius 3 is 2.68 bits per heavy atom. The molecule has 6 nitrogen and oxygen atoms in total. The molecule has 2 rings (SSSR count). The molecular weight excluding hydrogens is 268 g/mol. The van der Waals surface area contributed by atoms with Crippen LogP contribution in [0.15, 0.2) is 24.3 Å². The number of para-hydroxylation sites is 2. The van der Waals surface area contributed by atoms with Gasteiger partial charge in [-0.25, -0.2) is 13.2 Å². The van der Waals surface area contributed by atoms with E-state index in [9.17, 15) is 18.3 Å². The number of benzene rings is 1. The fourth-order valence-corrected chi connectivity index (χ4v) is 3.80. The lowest BCUT2D eigenvalue weighted by molar-refractivity contribution is 0.209. The number of hydrogen-bond acceptors (Lipinski definition) is 4. The molecule has 0 radical (unpaired) electrons. The molecule has 2 N–H and O–H groups in total. The molecular formula is C12H16N2O4S. The maximum Gasteiger partial charge on any atom is 0.321 e. The Morgan fingerprint density at radius 2 is 2.11 bits per heavy atom. The zero-order chi connectivity index (χ0) is 14.0. The highest BCUT2D eigenvalue weighted by molar-refractivity contribution is 7.91. The first-order chi connectivity index (χ1) is 8.89. The Hall–Kier alpha value is -1.76. The largest absolute Gasteiger partial charge is 0.506 e. The fraction of sp³-hybridized carbons (Fsp3) is 0.417. The first-order valence-corrected chi connectivity index (χ1v) is 7.73. The molecule has 0 saturated carbocycles. The smallest absolute Gasteiger partial charge is 0.321 e. The van der Waals surface area contributed by atoms with Crippen LogP contribution in [0.4, 0.5) is 10.5 Å². The van der Waals surface area contributed by atoms with Gasteiger partial charge in [0.25, 0.3) is 0 Å². The van der Waals surface area contributed by atoms with Crippen molar-refractivity contribution in [3.63, 3.8) is 0 Å². The van der Waals surface area contributed by atoms with E-state index in [1.54, 1.807) is 25.2 Å². The zero-order valence-electron chi connectivity index (χ0n) is 10.5. The summed E-state index contributed by atoms with van der Waals surface area (Å²) in [5.41, 5.74) is 0.306. The van der Waals surface area contributed by atoms with Crippen LogP contribution < -0.4 is 5.32 Å².